The highest BCUT2D eigenvalue weighted by molar-refractivity contribution is 5.86. The van der Waals surface area contributed by atoms with Crippen LogP contribution in [0.3, 0.4) is 0 Å². The third-order valence-electron chi connectivity index (χ3n) is 4.53. The molecule has 0 saturated heterocycles. The molecule has 4 aromatic heterocycles. The number of methoxy groups -OCH3 is 1. The van der Waals surface area contributed by atoms with Crippen LogP contribution in [-0.4, -0.2) is 27.0 Å². The minimum absolute atomic E-state index is 0.00776. The molecule has 0 fully saturated rings. The fourth-order valence-electron chi connectivity index (χ4n) is 3.19. The number of hydrogen-bond acceptors (Lipinski definition) is 4. The Labute approximate surface area is 161 Å². The van der Waals surface area contributed by atoms with E-state index in [2.05, 4.69) is 25.9 Å². The Balaban J connectivity index is 1.53. The van der Waals surface area contributed by atoms with Gasteiger partial charge in [0, 0.05) is 54.3 Å². The van der Waals surface area contributed by atoms with Gasteiger partial charge in [0.05, 0.1) is 7.11 Å². The summed E-state index contributed by atoms with van der Waals surface area (Å²) >= 11 is 0. The van der Waals surface area contributed by atoms with E-state index in [-0.39, 0.29) is 5.88 Å². The van der Waals surface area contributed by atoms with Gasteiger partial charge in [-0.25, -0.2) is 14.4 Å². The Morgan fingerprint density at radius 3 is 2.68 bits per heavy atom. The van der Waals surface area contributed by atoms with Gasteiger partial charge in [0.2, 0.25) is 5.88 Å². The van der Waals surface area contributed by atoms with Crippen molar-refractivity contribution in [2.75, 3.05) is 7.11 Å². The van der Waals surface area contributed by atoms with E-state index in [0.717, 1.165) is 39.0 Å². The first-order chi connectivity index (χ1) is 13.7. The second kappa shape index (κ2) is 7.49. The lowest BCUT2D eigenvalue weighted by Crippen LogP contribution is -1.98. The predicted octanol–water partition coefficient (Wildman–Crippen LogP) is 3.66. The van der Waals surface area contributed by atoms with Gasteiger partial charge in [-0.2, -0.15) is 0 Å². The third kappa shape index (κ3) is 3.42. The van der Waals surface area contributed by atoms with E-state index in [1.165, 1.54) is 13.2 Å². The van der Waals surface area contributed by atoms with Crippen LogP contribution in [-0.2, 0) is 12.8 Å². The van der Waals surface area contributed by atoms with E-state index in [1.807, 2.05) is 30.6 Å². The molecule has 4 aromatic rings. The quantitative estimate of drug-likeness (QED) is 0.543. The number of nitrogens with one attached hydrogen (secondary N) is 1. The summed E-state index contributed by atoms with van der Waals surface area (Å²) in [5.74, 6) is 2.22. The van der Waals surface area contributed by atoms with Crippen LogP contribution in [0.5, 0.6) is 5.88 Å². The zero-order chi connectivity index (χ0) is 19.5. The van der Waals surface area contributed by atoms with Crippen LogP contribution in [0.2, 0.25) is 0 Å². The molecule has 138 valence electrons. The number of halogens is 1. The van der Waals surface area contributed by atoms with Crippen LogP contribution < -0.4 is 4.74 Å². The fraction of sp³-hybridized carbons (Fsp3) is 0.136. The summed E-state index contributed by atoms with van der Waals surface area (Å²) in [5.41, 5.74) is 5.30. The molecule has 4 rings (SSSR count). The summed E-state index contributed by atoms with van der Waals surface area (Å²) in [7, 11) is 1.39. The molecular weight excluding hydrogens is 355 g/mol. The molecule has 0 saturated carbocycles. The van der Waals surface area contributed by atoms with Gasteiger partial charge in [0.15, 0.2) is 5.82 Å². The molecule has 6 heteroatoms. The van der Waals surface area contributed by atoms with Gasteiger partial charge < -0.3 is 9.72 Å². The van der Waals surface area contributed by atoms with Crippen molar-refractivity contribution in [2.24, 2.45) is 0 Å². The van der Waals surface area contributed by atoms with Gasteiger partial charge in [-0.3, -0.25) is 4.98 Å². The van der Waals surface area contributed by atoms with Crippen LogP contribution >= 0.6 is 0 Å². The molecule has 0 atom stereocenters. The second-order valence-electron chi connectivity index (χ2n) is 6.39. The van der Waals surface area contributed by atoms with E-state index in [4.69, 9.17) is 11.2 Å². The van der Waals surface area contributed by atoms with Crippen molar-refractivity contribution in [1.82, 2.24) is 19.9 Å². The molecule has 0 amide bonds. The smallest absolute Gasteiger partial charge is 0.250 e. The molecule has 4 heterocycles. The molecule has 0 aliphatic carbocycles. The van der Waals surface area contributed by atoms with E-state index >= 15 is 0 Å². The van der Waals surface area contributed by atoms with Crippen LogP contribution in [0.25, 0.3) is 11.0 Å². The normalized spacial score (nSPS) is 10.8. The van der Waals surface area contributed by atoms with Gasteiger partial charge >= 0.3 is 0 Å². The maximum atomic E-state index is 13.8. The SMILES string of the molecule is C#Cc1ccnc2[nH]cc(Cc3ccc(Cc4cnc(OC)c(F)c4)nc3)c12. The van der Waals surface area contributed by atoms with E-state index in [0.29, 0.717) is 12.8 Å². The second-order valence-corrected chi connectivity index (χ2v) is 6.39. The first-order valence-electron chi connectivity index (χ1n) is 8.71. The maximum absolute atomic E-state index is 13.8. The average Bonchev–Trinajstić information content (AvgIpc) is 3.13. The molecule has 0 aliphatic rings. The average molecular weight is 372 g/mol. The minimum Gasteiger partial charge on any atom is -0.479 e. The van der Waals surface area contributed by atoms with Crippen molar-refractivity contribution in [3.05, 3.63) is 82.8 Å². The lowest BCUT2D eigenvalue weighted by Gasteiger charge is -2.06. The first-order valence-corrected chi connectivity index (χ1v) is 8.71. The topological polar surface area (TPSA) is 63.7 Å². The van der Waals surface area contributed by atoms with Crippen molar-refractivity contribution < 1.29 is 9.13 Å². The monoisotopic (exact) mass is 372 g/mol. The van der Waals surface area contributed by atoms with Crippen molar-refractivity contribution in [1.29, 1.82) is 0 Å². The number of terminal acetylenes is 1. The predicted molar refractivity (Wildman–Crippen MR) is 105 cm³/mol. The summed E-state index contributed by atoms with van der Waals surface area (Å²) in [6.45, 7) is 0. The van der Waals surface area contributed by atoms with Crippen LogP contribution in [0, 0.1) is 18.2 Å². The Hall–Kier alpha value is -3.72. The molecule has 28 heavy (non-hydrogen) atoms. The first kappa shape index (κ1) is 17.7. The summed E-state index contributed by atoms with van der Waals surface area (Å²) in [4.78, 5) is 15.9. The molecule has 0 aromatic carbocycles. The Kier molecular flexibility index (Phi) is 4.73. The van der Waals surface area contributed by atoms with E-state index < -0.39 is 5.82 Å². The third-order valence-corrected chi connectivity index (χ3v) is 4.53. The lowest BCUT2D eigenvalue weighted by molar-refractivity contribution is 0.368. The number of rotatable bonds is 5. The van der Waals surface area contributed by atoms with Gasteiger partial charge in [-0.05, 0) is 34.9 Å². The largest absolute Gasteiger partial charge is 0.479 e. The number of ether oxygens (including phenoxy) is 1. The maximum Gasteiger partial charge on any atom is 0.250 e. The van der Waals surface area contributed by atoms with E-state index in [1.54, 1.807) is 12.4 Å². The molecule has 0 spiro atoms. The number of pyridine rings is 3. The zero-order valence-corrected chi connectivity index (χ0v) is 15.2. The van der Waals surface area contributed by atoms with Crippen molar-refractivity contribution in [3.63, 3.8) is 0 Å². The van der Waals surface area contributed by atoms with Gasteiger partial charge in [0.25, 0.3) is 0 Å². The Bertz CT molecular complexity index is 1180. The molecule has 0 aliphatic heterocycles. The van der Waals surface area contributed by atoms with Crippen molar-refractivity contribution >= 4 is 11.0 Å². The highest BCUT2D eigenvalue weighted by atomic mass is 19.1. The van der Waals surface area contributed by atoms with E-state index in [9.17, 15) is 4.39 Å². The zero-order valence-electron chi connectivity index (χ0n) is 15.2. The highest BCUT2D eigenvalue weighted by Crippen LogP contribution is 2.23. The number of nitrogens with zero attached hydrogens (tertiary/aromatic N) is 3. The summed E-state index contributed by atoms with van der Waals surface area (Å²) in [5, 5.41) is 0.967. The fourth-order valence-corrected chi connectivity index (χ4v) is 3.19. The molecule has 5 nitrogen and oxygen atoms in total. The van der Waals surface area contributed by atoms with Crippen LogP contribution in [0.15, 0.2) is 49.1 Å². The number of H-pyrrole nitrogens is 1. The summed E-state index contributed by atoms with van der Waals surface area (Å²) in [6, 6.07) is 7.21. The number of aromatic amines is 1. The number of fused-ring (bicyclic) bond motifs is 1. The molecular formula is C22H17FN4O. The standard InChI is InChI=1S/C22H17FN4O/c1-3-16-6-7-24-21-20(16)17(13-26-21)8-14-4-5-18(25-11-14)9-15-10-19(23)22(28-2)27-12-15/h1,4-7,10-13H,8-9H2,2H3,(H,24,26). The van der Waals surface area contributed by atoms with Gasteiger partial charge in [0.1, 0.15) is 5.65 Å². The van der Waals surface area contributed by atoms with Gasteiger partial charge in [-0.15, -0.1) is 6.42 Å². The molecule has 0 radical (unpaired) electrons. The Morgan fingerprint density at radius 1 is 1.11 bits per heavy atom. The van der Waals surface area contributed by atoms with Crippen molar-refractivity contribution in [2.45, 2.75) is 12.8 Å². The summed E-state index contributed by atoms with van der Waals surface area (Å²) in [6.07, 6.45) is 13.8. The molecule has 0 bridgehead atoms. The summed E-state index contributed by atoms with van der Waals surface area (Å²) < 4.78 is 18.6. The minimum atomic E-state index is -0.478. The molecule has 0 unspecified atom stereocenters. The lowest BCUT2D eigenvalue weighted by atomic mass is 10.0. The van der Waals surface area contributed by atoms with Crippen molar-refractivity contribution in [3.8, 4) is 18.2 Å². The van der Waals surface area contributed by atoms with Crippen LogP contribution in [0.1, 0.15) is 27.9 Å². The highest BCUT2D eigenvalue weighted by Gasteiger charge is 2.10. The van der Waals surface area contributed by atoms with Crippen LogP contribution in [0.4, 0.5) is 4.39 Å². The number of aromatic nitrogens is 4. The Morgan fingerprint density at radius 2 is 1.96 bits per heavy atom. The number of hydrogen-bond donors (Lipinski definition) is 1. The molecule has 1 N–H and O–H groups in total. The van der Waals surface area contributed by atoms with Gasteiger partial charge in [-0.1, -0.05) is 12.0 Å².